The number of aldehydes is 1. The zero-order chi connectivity index (χ0) is 21.0. The zero-order valence-electron chi connectivity index (χ0n) is 18.5. The maximum absolute atomic E-state index is 12.3. The molecule has 0 aromatic carbocycles. The van der Waals surface area contributed by atoms with Gasteiger partial charge in [0.1, 0.15) is 6.29 Å². The number of rotatable bonds is 12. The van der Waals surface area contributed by atoms with Crippen LogP contribution in [0.5, 0.6) is 0 Å². The summed E-state index contributed by atoms with van der Waals surface area (Å²) < 4.78 is 0. The van der Waals surface area contributed by atoms with Gasteiger partial charge in [0.25, 0.3) is 0 Å². The molecule has 3 atom stereocenters. The second-order valence-electron chi connectivity index (χ2n) is 9.39. The zero-order valence-corrected chi connectivity index (χ0v) is 18.5. The molecule has 0 aliphatic heterocycles. The summed E-state index contributed by atoms with van der Waals surface area (Å²) in [5, 5.41) is 26.8. The Kier molecular flexibility index (Phi) is 11.0. The average Bonchev–Trinajstić information content (AvgIpc) is 2.76. The van der Waals surface area contributed by atoms with Crippen LogP contribution >= 0.6 is 0 Å². The van der Waals surface area contributed by atoms with Crippen LogP contribution in [0, 0.1) is 17.2 Å². The van der Waals surface area contributed by atoms with Crippen molar-refractivity contribution in [3.63, 3.8) is 0 Å². The van der Waals surface area contributed by atoms with Gasteiger partial charge in [-0.1, -0.05) is 44.9 Å². The van der Waals surface area contributed by atoms with Gasteiger partial charge in [0.2, 0.25) is 0 Å². The summed E-state index contributed by atoms with van der Waals surface area (Å²) in [4.78, 5) is 12.3. The summed E-state index contributed by atoms with van der Waals surface area (Å²) in [6.45, 7) is 1.22. The lowest BCUT2D eigenvalue weighted by Gasteiger charge is -2.38. The molecule has 0 spiro atoms. The largest absolute Gasteiger partial charge is 0.396 e. The molecule has 168 valence electrons. The van der Waals surface area contributed by atoms with Crippen LogP contribution in [0.3, 0.4) is 0 Å². The monoisotopic (exact) mass is 408 g/mol. The van der Waals surface area contributed by atoms with Crippen LogP contribution in [0.25, 0.3) is 0 Å². The van der Waals surface area contributed by atoms with Gasteiger partial charge in [0, 0.05) is 19.7 Å². The van der Waals surface area contributed by atoms with Crippen LogP contribution in [0.2, 0.25) is 0 Å². The van der Waals surface area contributed by atoms with Gasteiger partial charge in [-0.25, -0.2) is 0 Å². The summed E-state index contributed by atoms with van der Waals surface area (Å²) in [5.41, 5.74) is -0.624. The molecular weight excluding hydrogens is 364 g/mol. The second-order valence-corrected chi connectivity index (χ2v) is 9.39. The number of unbranched alkanes of at least 4 members (excludes halogenated alkanes) is 1. The van der Waals surface area contributed by atoms with Crippen LogP contribution in [0.15, 0.2) is 0 Å². The van der Waals surface area contributed by atoms with Gasteiger partial charge in [-0.2, -0.15) is 0 Å². The molecule has 0 amide bonds. The molecule has 6 nitrogen and oxygen atoms in total. The molecule has 0 aromatic heterocycles. The third-order valence-corrected chi connectivity index (χ3v) is 7.03. The van der Waals surface area contributed by atoms with Crippen molar-refractivity contribution in [2.24, 2.45) is 11.8 Å². The van der Waals surface area contributed by atoms with Crippen molar-refractivity contribution in [3.8, 4) is 0 Å². The van der Waals surface area contributed by atoms with E-state index >= 15 is 0 Å². The fourth-order valence-electron chi connectivity index (χ4n) is 5.32. The van der Waals surface area contributed by atoms with Crippen LogP contribution in [-0.2, 0) is 4.79 Å². The molecule has 0 saturated heterocycles. The quantitative estimate of drug-likeness (QED) is 0.148. The number of carbonyl (C=O) groups is 1. The van der Waals surface area contributed by atoms with E-state index in [9.17, 15) is 4.79 Å². The average molecular weight is 409 g/mol. The Morgan fingerprint density at radius 3 is 2.55 bits per heavy atom. The summed E-state index contributed by atoms with van der Waals surface area (Å²) in [5.74, 6) is 1.49. The van der Waals surface area contributed by atoms with Crippen molar-refractivity contribution < 1.29 is 9.90 Å². The minimum absolute atomic E-state index is 0.246. The van der Waals surface area contributed by atoms with Gasteiger partial charge >= 0.3 is 0 Å². The Balaban J connectivity index is 1.93. The summed E-state index contributed by atoms with van der Waals surface area (Å²) in [6, 6.07) is 0.513. The van der Waals surface area contributed by atoms with E-state index in [1.54, 1.807) is 7.05 Å². The standard InChI is InChI=1S/C23H44N4O2/c1-25-22(24)27-23(18-29,13-12-19-8-3-2-4-9-19)17-20-10-7-11-21(16-20)26-14-5-6-15-28/h18-21,26,28H,2-17H2,1H3,(H3,24,25,27)/t20-,21-,23-/m1/s1. The molecule has 0 bridgehead atoms. The first-order chi connectivity index (χ1) is 14.1. The predicted molar refractivity (Wildman–Crippen MR) is 119 cm³/mol. The van der Waals surface area contributed by atoms with Gasteiger partial charge in [0.05, 0.1) is 5.54 Å². The van der Waals surface area contributed by atoms with E-state index in [1.165, 1.54) is 51.4 Å². The number of hydrogen-bond donors (Lipinski definition) is 5. The molecular formula is C23H44N4O2. The highest BCUT2D eigenvalue weighted by Gasteiger charge is 2.36. The lowest BCUT2D eigenvalue weighted by molar-refractivity contribution is -0.114. The smallest absolute Gasteiger partial charge is 0.188 e. The Hall–Kier alpha value is -1.14. The number of nitrogens with one attached hydrogen (secondary N) is 4. The fraction of sp³-hybridized carbons (Fsp3) is 0.913. The van der Waals surface area contributed by atoms with Crippen LogP contribution in [-0.4, -0.2) is 49.1 Å². The minimum atomic E-state index is -0.624. The van der Waals surface area contributed by atoms with Crippen molar-refractivity contribution in [1.29, 1.82) is 5.41 Å². The molecule has 2 fully saturated rings. The molecule has 0 unspecified atom stereocenters. The van der Waals surface area contributed by atoms with Crippen molar-refractivity contribution >= 4 is 12.2 Å². The molecule has 2 aliphatic rings. The highest BCUT2D eigenvalue weighted by molar-refractivity contribution is 5.81. The van der Waals surface area contributed by atoms with E-state index in [1.807, 2.05) is 0 Å². The van der Waals surface area contributed by atoms with Crippen molar-refractivity contribution in [2.75, 3.05) is 20.2 Å². The molecule has 2 rings (SSSR count). The summed E-state index contributed by atoms with van der Waals surface area (Å²) in [7, 11) is 1.74. The Labute approximate surface area is 177 Å². The number of aliphatic hydroxyl groups excluding tert-OH is 1. The van der Waals surface area contributed by atoms with Crippen molar-refractivity contribution in [3.05, 3.63) is 0 Å². The molecule has 0 radical (unpaired) electrons. The Bertz CT molecular complexity index is 481. The fourth-order valence-corrected chi connectivity index (χ4v) is 5.32. The normalized spacial score (nSPS) is 25.2. The molecule has 29 heavy (non-hydrogen) atoms. The van der Waals surface area contributed by atoms with E-state index in [4.69, 9.17) is 10.5 Å². The van der Waals surface area contributed by atoms with E-state index in [0.717, 1.165) is 57.3 Å². The van der Waals surface area contributed by atoms with Gasteiger partial charge < -0.3 is 25.9 Å². The number of guanidine groups is 1. The Morgan fingerprint density at radius 1 is 1.10 bits per heavy atom. The first-order valence-corrected chi connectivity index (χ1v) is 12.0. The highest BCUT2D eigenvalue weighted by atomic mass is 16.2. The first kappa shape index (κ1) is 24.1. The van der Waals surface area contributed by atoms with Gasteiger partial charge in [-0.3, -0.25) is 5.41 Å². The SMILES string of the molecule is CNC(=N)N[C@](C=O)(CCC1CCCCC1)C[C@@H]1CCC[C@@H](NCCCCO)C1. The third kappa shape index (κ3) is 8.63. The number of carbonyl (C=O) groups excluding carboxylic acids is 1. The molecule has 0 aromatic rings. The lowest BCUT2D eigenvalue weighted by Crippen LogP contribution is -2.54. The van der Waals surface area contributed by atoms with Crippen LogP contribution in [0.1, 0.15) is 89.9 Å². The predicted octanol–water partition coefficient (Wildman–Crippen LogP) is 3.34. The molecule has 0 heterocycles. The second kappa shape index (κ2) is 13.2. The summed E-state index contributed by atoms with van der Waals surface area (Å²) >= 11 is 0. The summed E-state index contributed by atoms with van der Waals surface area (Å²) in [6.07, 6.45) is 17.0. The number of aliphatic hydroxyl groups is 1. The maximum atomic E-state index is 12.3. The number of hydrogen-bond acceptors (Lipinski definition) is 4. The molecule has 5 N–H and O–H groups in total. The van der Waals surface area contributed by atoms with Crippen molar-refractivity contribution in [2.45, 2.75) is 101 Å². The van der Waals surface area contributed by atoms with Crippen molar-refractivity contribution in [1.82, 2.24) is 16.0 Å². The molecule has 2 saturated carbocycles. The van der Waals surface area contributed by atoms with Crippen LogP contribution < -0.4 is 16.0 Å². The van der Waals surface area contributed by atoms with E-state index in [-0.39, 0.29) is 12.6 Å². The van der Waals surface area contributed by atoms with E-state index in [2.05, 4.69) is 16.0 Å². The minimum Gasteiger partial charge on any atom is -0.396 e. The topological polar surface area (TPSA) is 97.2 Å². The maximum Gasteiger partial charge on any atom is 0.188 e. The van der Waals surface area contributed by atoms with Gasteiger partial charge in [0.15, 0.2) is 5.96 Å². The van der Waals surface area contributed by atoms with E-state index in [0.29, 0.717) is 12.0 Å². The lowest BCUT2D eigenvalue weighted by atomic mass is 9.74. The highest BCUT2D eigenvalue weighted by Crippen LogP contribution is 2.35. The molecule has 2 aliphatic carbocycles. The van der Waals surface area contributed by atoms with Gasteiger partial charge in [-0.15, -0.1) is 0 Å². The van der Waals surface area contributed by atoms with Crippen LogP contribution in [0.4, 0.5) is 0 Å². The Morgan fingerprint density at radius 2 is 1.86 bits per heavy atom. The van der Waals surface area contributed by atoms with E-state index < -0.39 is 5.54 Å². The molecule has 6 heteroatoms. The van der Waals surface area contributed by atoms with Gasteiger partial charge in [-0.05, 0) is 63.3 Å². The third-order valence-electron chi connectivity index (χ3n) is 7.03. The first-order valence-electron chi connectivity index (χ1n) is 12.0.